The minimum absolute atomic E-state index is 0.0215. The van der Waals surface area contributed by atoms with Gasteiger partial charge in [0.1, 0.15) is 5.82 Å². The molecular weight excluding hydrogens is 259 g/mol. The third-order valence-corrected chi connectivity index (χ3v) is 3.01. The number of halogens is 2. The van der Waals surface area contributed by atoms with Gasteiger partial charge in [-0.2, -0.15) is 0 Å². The van der Waals surface area contributed by atoms with Crippen LogP contribution in [0.25, 0.3) is 0 Å². The third kappa shape index (κ3) is 3.11. The predicted molar refractivity (Wildman–Crippen MR) is 67.4 cm³/mol. The Kier molecular flexibility index (Phi) is 4.04. The molecule has 1 fully saturated rings. The molecule has 0 spiro atoms. The fourth-order valence-electron chi connectivity index (χ4n) is 1.79. The van der Waals surface area contributed by atoms with Crippen LogP contribution in [-0.4, -0.2) is 36.7 Å². The summed E-state index contributed by atoms with van der Waals surface area (Å²) in [5.74, 6) is -0.432. The van der Waals surface area contributed by atoms with Gasteiger partial charge in [-0.3, -0.25) is 0 Å². The number of rotatable bonds is 1. The van der Waals surface area contributed by atoms with Gasteiger partial charge in [0.25, 0.3) is 0 Å². The van der Waals surface area contributed by atoms with E-state index in [0.29, 0.717) is 25.4 Å². The Hall–Kier alpha value is -1.33. The number of ether oxygens (including phenoxy) is 1. The van der Waals surface area contributed by atoms with Crippen LogP contribution in [-0.2, 0) is 4.74 Å². The molecule has 0 aliphatic carbocycles. The van der Waals surface area contributed by atoms with Crippen molar-refractivity contribution in [3.63, 3.8) is 0 Å². The first-order valence-electron chi connectivity index (χ1n) is 5.69. The molecule has 18 heavy (non-hydrogen) atoms. The number of morpholine rings is 1. The quantitative estimate of drug-likeness (QED) is 0.854. The Morgan fingerprint density at radius 3 is 3.06 bits per heavy atom. The molecule has 1 heterocycles. The van der Waals surface area contributed by atoms with Gasteiger partial charge in [-0.1, -0.05) is 11.6 Å². The number of nitrogens with one attached hydrogen (secondary N) is 1. The molecule has 1 unspecified atom stereocenters. The molecule has 0 bridgehead atoms. The van der Waals surface area contributed by atoms with Crippen LogP contribution in [0.3, 0.4) is 0 Å². The Balaban J connectivity index is 2.02. The van der Waals surface area contributed by atoms with Gasteiger partial charge in [0.15, 0.2) is 0 Å². The Bertz CT molecular complexity index is 456. The number of nitrogens with zero attached hydrogens (tertiary/aromatic N) is 1. The first-order chi connectivity index (χ1) is 8.56. The maximum Gasteiger partial charge on any atom is 0.322 e. The molecule has 2 rings (SSSR count). The molecule has 1 N–H and O–H groups in total. The van der Waals surface area contributed by atoms with Crippen LogP contribution >= 0.6 is 11.6 Å². The number of benzene rings is 1. The predicted octanol–water partition coefficient (Wildman–Crippen LogP) is 2.73. The van der Waals surface area contributed by atoms with Crippen molar-refractivity contribution in [2.45, 2.75) is 13.0 Å². The van der Waals surface area contributed by atoms with E-state index in [1.54, 1.807) is 4.90 Å². The highest BCUT2D eigenvalue weighted by Gasteiger charge is 2.21. The average molecular weight is 273 g/mol. The van der Waals surface area contributed by atoms with E-state index in [9.17, 15) is 9.18 Å². The van der Waals surface area contributed by atoms with Gasteiger partial charge < -0.3 is 15.0 Å². The Morgan fingerprint density at radius 2 is 2.39 bits per heavy atom. The molecule has 0 radical (unpaired) electrons. The minimum Gasteiger partial charge on any atom is -0.375 e. The van der Waals surface area contributed by atoms with E-state index >= 15 is 0 Å². The van der Waals surface area contributed by atoms with Crippen LogP contribution in [0.2, 0.25) is 5.02 Å². The molecule has 2 amide bonds. The maximum absolute atomic E-state index is 12.9. The van der Waals surface area contributed by atoms with E-state index in [4.69, 9.17) is 16.3 Å². The SMILES string of the molecule is CC1CN(C(=O)Nc2ccc(F)cc2Cl)CCO1. The highest BCUT2D eigenvalue weighted by molar-refractivity contribution is 6.33. The lowest BCUT2D eigenvalue weighted by atomic mass is 10.3. The molecule has 1 aromatic rings. The minimum atomic E-state index is -0.432. The van der Waals surface area contributed by atoms with Crippen molar-refractivity contribution in [1.29, 1.82) is 0 Å². The summed E-state index contributed by atoms with van der Waals surface area (Å²) in [6, 6.07) is 3.61. The molecule has 1 atom stereocenters. The highest BCUT2D eigenvalue weighted by Crippen LogP contribution is 2.22. The number of anilines is 1. The molecule has 6 heteroatoms. The number of carbonyl (C=O) groups excluding carboxylic acids is 1. The van der Waals surface area contributed by atoms with Crippen molar-refractivity contribution in [2.75, 3.05) is 25.0 Å². The van der Waals surface area contributed by atoms with Crippen LogP contribution in [0.5, 0.6) is 0 Å². The summed E-state index contributed by atoms with van der Waals surface area (Å²) in [6.45, 7) is 3.50. The summed E-state index contributed by atoms with van der Waals surface area (Å²) in [5, 5.41) is 2.85. The lowest BCUT2D eigenvalue weighted by Gasteiger charge is -2.31. The molecule has 1 aliphatic rings. The van der Waals surface area contributed by atoms with Crippen molar-refractivity contribution in [2.24, 2.45) is 0 Å². The largest absolute Gasteiger partial charge is 0.375 e. The Labute approximate surface area is 110 Å². The van der Waals surface area contributed by atoms with E-state index < -0.39 is 5.82 Å². The topological polar surface area (TPSA) is 41.6 Å². The third-order valence-electron chi connectivity index (χ3n) is 2.70. The van der Waals surface area contributed by atoms with E-state index in [1.165, 1.54) is 18.2 Å². The van der Waals surface area contributed by atoms with Crippen molar-refractivity contribution < 1.29 is 13.9 Å². The van der Waals surface area contributed by atoms with Gasteiger partial charge >= 0.3 is 6.03 Å². The van der Waals surface area contributed by atoms with Crippen LogP contribution in [0.4, 0.5) is 14.9 Å². The first kappa shape index (κ1) is 13.1. The second-order valence-corrected chi connectivity index (χ2v) is 4.59. The van der Waals surface area contributed by atoms with E-state index in [2.05, 4.69) is 5.32 Å². The molecule has 1 saturated heterocycles. The number of carbonyl (C=O) groups is 1. The lowest BCUT2D eigenvalue weighted by molar-refractivity contribution is -0.00138. The fourth-order valence-corrected chi connectivity index (χ4v) is 2.00. The number of amides is 2. The van der Waals surface area contributed by atoms with Gasteiger partial charge in [-0.05, 0) is 25.1 Å². The van der Waals surface area contributed by atoms with Gasteiger partial charge in [0.05, 0.1) is 23.4 Å². The van der Waals surface area contributed by atoms with E-state index in [-0.39, 0.29) is 17.2 Å². The maximum atomic E-state index is 12.9. The molecular formula is C12H14ClFN2O2. The highest BCUT2D eigenvalue weighted by atomic mass is 35.5. The van der Waals surface area contributed by atoms with Crippen LogP contribution in [0.15, 0.2) is 18.2 Å². The van der Waals surface area contributed by atoms with Gasteiger partial charge in [0, 0.05) is 13.1 Å². The molecule has 1 aliphatic heterocycles. The summed E-state index contributed by atoms with van der Waals surface area (Å²) in [5.41, 5.74) is 0.405. The second-order valence-electron chi connectivity index (χ2n) is 4.18. The smallest absolute Gasteiger partial charge is 0.322 e. The molecule has 0 saturated carbocycles. The standard InChI is InChI=1S/C12H14ClFN2O2/c1-8-7-16(4-5-18-8)12(17)15-11-3-2-9(14)6-10(11)13/h2-3,6,8H,4-5,7H2,1H3,(H,15,17). The fraction of sp³-hybridized carbons (Fsp3) is 0.417. The van der Waals surface area contributed by atoms with E-state index in [0.717, 1.165) is 0 Å². The van der Waals surface area contributed by atoms with Crippen molar-refractivity contribution in [3.8, 4) is 0 Å². The summed E-state index contributed by atoms with van der Waals surface area (Å²) >= 11 is 5.84. The summed E-state index contributed by atoms with van der Waals surface area (Å²) in [4.78, 5) is 13.6. The van der Waals surface area contributed by atoms with Crippen molar-refractivity contribution in [3.05, 3.63) is 29.0 Å². The zero-order valence-electron chi connectivity index (χ0n) is 9.95. The number of hydrogen-bond donors (Lipinski definition) is 1. The molecule has 98 valence electrons. The number of hydrogen-bond acceptors (Lipinski definition) is 2. The zero-order chi connectivity index (χ0) is 13.1. The van der Waals surface area contributed by atoms with Gasteiger partial charge in [-0.25, -0.2) is 9.18 Å². The zero-order valence-corrected chi connectivity index (χ0v) is 10.7. The summed E-state index contributed by atoms with van der Waals surface area (Å²) in [7, 11) is 0. The summed E-state index contributed by atoms with van der Waals surface area (Å²) < 4.78 is 18.2. The van der Waals surface area contributed by atoms with Crippen molar-refractivity contribution >= 4 is 23.3 Å². The van der Waals surface area contributed by atoms with Crippen LogP contribution in [0.1, 0.15) is 6.92 Å². The Morgan fingerprint density at radius 1 is 1.61 bits per heavy atom. The number of urea groups is 1. The normalized spacial score (nSPS) is 19.7. The van der Waals surface area contributed by atoms with Crippen molar-refractivity contribution in [1.82, 2.24) is 4.90 Å². The monoisotopic (exact) mass is 272 g/mol. The van der Waals surface area contributed by atoms with Crippen LogP contribution in [0, 0.1) is 5.82 Å². The lowest BCUT2D eigenvalue weighted by Crippen LogP contribution is -2.46. The molecule has 1 aromatic carbocycles. The first-order valence-corrected chi connectivity index (χ1v) is 6.06. The summed E-state index contributed by atoms with van der Waals surface area (Å²) in [6.07, 6.45) is 0.0215. The average Bonchev–Trinajstić information content (AvgIpc) is 2.32. The van der Waals surface area contributed by atoms with Gasteiger partial charge in [0.2, 0.25) is 0 Å². The van der Waals surface area contributed by atoms with E-state index in [1.807, 2.05) is 6.92 Å². The second kappa shape index (κ2) is 5.54. The van der Waals surface area contributed by atoms with Crippen LogP contribution < -0.4 is 5.32 Å². The molecule has 4 nitrogen and oxygen atoms in total. The van der Waals surface area contributed by atoms with Gasteiger partial charge in [-0.15, -0.1) is 0 Å². The molecule has 0 aromatic heterocycles.